The van der Waals surface area contributed by atoms with E-state index in [1.54, 1.807) is 0 Å². The summed E-state index contributed by atoms with van der Waals surface area (Å²) in [6.45, 7) is 9.22. The van der Waals surface area contributed by atoms with E-state index in [4.69, 9.17) is 24.4 Å². The van der Waals surface area contributed by atoms with Crippen molar-refractivity contribution in [2.75, 3.05) is 26.4 Å². The number of phenolic OH excluding ortho intramolecular Hbond substituents is 2. The quantitative estimate of drug-likeness (QED) is 0.389. The minimum absolute atomic E-state index is 0.0339. The van der Waals surface area contributed by atoms with E-state index in [1.165, 1.54) is 13.8 Å². The number of benzene rings is 2. The van der Waals surface area contributed by atoms with Crippen molar-refractivity contribution >= 4 is 11.9 Å². The molecule has 0 aliphatic rings. The molecule has 194 valence electrons. The van der Waals surface area contributed by atoms with Crippen molar-refractivity contribution in [1.29, 1.82) is 0 Å². The first-order valence-electron chi connectivity index (χ1n) is 11.1. The first-order valence-corrected chi connectivity index (χ1v) is 11.1. The second-order valence-corrected chi connectivity index (χ2v) is 8.28. The maximum Gasteiger partial charge on any atom is 0.303 e. The summed E-state index contributed by atoms with van der Waals surface area (Å²) in [5.74, 6) is -0.338. The molecule has 0 aliphatic carbocycles. The van der Waals surface area contributed by atoms with Crippen LogP contribution in [0.25, 0.3) is 11.1 Å². The average Bonchev–Trinajstić information content (AvgIpc) is 2.78. The molecule has 2 atom stereocenters. The summed E-state index contributed by atoms with van der Waals surface area (Å²) in [6, 6.07) is 7.86. The number of rotatable bonds is 9. The molecule has 0 spiro atoms. The lowest BCUT2D eigenvalue weighted by Gasteiger charge is -2.17. The predicted octanol–water partition coefficient (Wildman–Crippen LogP) is 2.85. The van der Waals surface area contributed by atoms with Crippen LogP contribution >= 0.6 is 0 Å². The molecule has 9 heteroatoms. The number of aliphatic hydroxyl groups excluding tert-OH is 2. The Kier molecular flexibility index (Phi) is 12.2. The van der Waals surface area contributed by atoms with E-state index >= 15 is 0 Å². The summed E-state index contributed by atoms with van der Waals surface area (Å²) in [4.78, 5) is 21.2. The number of esters is 2. The Hall–Kier alpha value is -3.14. The normalized spacial score (nSPS) is 12.2. The second-order valence-electron chi connectivity index (χ2n) is 8.28. The van der Waals surface area contributed by atoms with Gasteiger partial charge in [-0.1, -0.05) is 0 Å². The van der Waals surface area contributed by atoms with E-state index in [9.17, 15) is 19.8 Å². The molecule has 0 heterocycles. The Labute approximate surface area is 205 Å². The number of aromatic hydroxyl groups is 2. The maximum atomic E-state index is 10.6. The van der Waals surface area contributed by atoms with Gasteiger partial charge in [-0.25, -0.2) is 0 Å². The smallest absolute Gasteiger partial charge is 0.303 e. The van der Waals surface area contributed by atoms with Gasteiger partial charge in [0.05, 0.1) is 26.4 Å². The standard InChI is InChI=1S/C16H18O2.C10H18O7/c1-9-5-13(6-10(2)15(9)17)14-7-11(3)16(18)12(4)8-14;1-7(13)16-9(3-11)5-15-6-10(4-12)17-8(2)14/h5-8,17-18H,1-4H3;9-12H,3-6H2,1-2H3. The van der Waals surface area contributed by atoms with Crippen LogP contribution in [0.2, 0.25) is 0 Å². The zero-order valence-corrected chi connectivity index (χ0v) is 21.1. The van der Waals surface area contributed by atoms with Crippen molar-refractivity contribution < 1.29 is 44.2 Å². The van der Waals surface area contributed by atoms with Crippen LogP contribution in [-0.2, 0) is 23.8 Å². The summed E-state index contributed by atoms with van der Waals surface area (Å²) in [5.41, 5.74) is 5.60. The van der Waals surface area contributed by atoms with Crippen LogP contribution in [0.15, 0.2) is 24.3 Å². The van der Waals surface area contributed by atoms with E-state index in [1.807, 2.05) is 52.0 Å². The maximum absolute atomic E-state index is 10.6. The lowest BCUT2D eigenvalue weighted by atomic mass is 9.96. The van der Waals surface area contributed by atoms with E-state index in [0.29, 0.717) is 11.5 Å². The zero-order valence-electron chi connectivity index (χ0n) is 21.1. The van der Waals surface area contributed by atoms with Gasteiger partial charge in [0.1, 0.15) is 23.7 Å². The molecule has 0 bridgehead atoms. The number of hydrogen-bond acceptors (Lipinski definition) is 9. The fraction of sp³-hybridized carbons (Fsp3) is 0.462. The summed E-state index contributed by atoms with van der Waals surface area (Å²) in [6.07, 6.45) is -1.52. The first kappa shape index (κ1) is 29.9. The highest BCUT2D eigenvalue weighted by Gasteiger charge is 2.15. The fourth-order valence-electron chi connectivity index (χ4n) is 3.29. The highest BCUT2D eigenvalue weighted by atomic mass is 16.6. The molecule has 0 fully saturated rings. The number of carbonyl (C=O) groups is 2. The van der Waals surface area contributed by atoms with Gasteiger partial charge in [-0.3, -0.25) is 9.59 Å². The van der Waals surface area contributed by atoms with Crippen LogP contribution in [0.5, 0.6) is 11.5 Å². The third-order valence-corrected chi connectivity index (χ3v) is 5.00. The predicted molar refractivity (Wildman–Crippen MR) is 130 cm³/mol. The summed E-state index contributed by atoms with van der Waals surface area (Å²) in [5, 5.41) is 37.3. The lowest BCUT2D eigenvalue weighted by molar-refractivity contribution is -0.157. The average molecular weight is 493 g/mol. The van der Waals surface area contributed by atoms with Gasteiger partial charge in [0.15, 0.2) is 0 Å². The van der Waals surface area contributed by atoms with Gasteiger partial charge in [-0.2, -0.15) is 0 Å². The molecule has 2 aromatic carbocycles. The van der Waals surface area contributed by atoms with Crippen LogP contribution in [-0.4, -0.2) is 71.0 Å². The largest absolute Gasteiger partial charge is 0.507 e. The molecule has 4 N–H and O–H groups in total. The zero-order chi connectivity index (χ0) is 26.7. The minimum atomic E-state index is -0.760. The Balaban J connectivity index is 0.000000351. The fourth-order valence-corrected chi connectivity index (χ4v) is 3.29. The third-order valence-electron chi connectivity index (χ3n) is 5.00. The number of phenols is 2. The van der Waals surface area contributed by atoms with Crippen molar-refractivity contribution in [1.82, 2.24) is 0 Å². The number of carbonyl (C=O) groups excluding carboxylic acids is 2. The van der Waals surface area contributed by atoms with E-state index in [2.05, 4.69) is 0 Å². The van der Waals surface area contributed by atoms with Crippen LogP contribution in [0.4, 0.5) is 0 Å². The van der Waals surface area contributed by atoms with Crippen LogP contribution in [0.1, 0.15) is 36.1 Å². The summed E-state index contributed by atoms with van der Waals surface area (Å²) >= 11 is 0. The molecular weight excluding hydrogens is 456 g/mol. The van der Waals surface area contributed by atoms with Crippen molar-refractivity contribution in [2.45, 2.75) is 53.8 Å². The molecule has 0 amide bonds. The van der Waals surface area contributed by atoms with Gasteiger partial charge < -0.3 is 34.6 Å². The number of aliphatic hydroxyl groups is 2. The topological polar surface area (TPSA) is 143 Å². The number of aryl methyl sites for hydroxylation is 4. The summed E-state index contributed by atoms with van der Waals surface area (Å²) in [7, 11) is 0. The van der Waals surface area contributed by atoms with Crippen LogP contribution in [0.3, 0.4) is 0 Å². The molecule has 0 aromatic heterocycles. The molecule has 0 saturated heterocycles. The van der Waals surface area contributed by atoms with Crippen LogP contribution < -0.4 is 0 Å². The van der Waals surface area contributed by atoms with Crippen molar-refractivity contribution in [3.63, 3.8) is 0 Å². The highest BCUT2D eigenvalue weighted by Crippen LogP contribution is 2.33. The van der Waals surface area contributed by atoms with Gasteiger partial charge in [0.2, 0.25) is 0 Å². The van der Waals surface area contributed by atoms with E-state index < -0.39 is 24.1 Å². The van der Waals surface area contributed by atoms with E-state index in [0.717, 1.165) is 33.4 Å². The van der Waals surface area contributed by atoms with Gasteiger partial charge >= 0.3 is 11.9 Å². The van der Waals surface area contributed by atoms with Gasteiger partial charge in [-0.05, 0) is 85.3 Å². The third kappa shape index (κ3) is 9.94. The molecule has 0 radical (unpaired) electrons. The lowest BCUT2D eigenvalue weighted by Crippen LogP contribution is -2.31. The van der Waals surface area contributed by atoms with Gasteiger partial charge in [-0.15, -0.1) is 0 Å². The van der Waals surface area contributed by atoms with Crippen molar-refractivity contribution in [3.05, 3.63) is 46.5 Å². The Morgan fingerprint density at radius 1 is 0.686 bits per heavy atom. The molecular formula is C26H36O9. The van der Waals surface area contributed by atoms with Gasteiger partial charge in [0, 0.05) is 13.8 Å². The Morgan fingerprint density at radius 3 is 1.20 bits per heavy atom. The Bertz CT molecular complexity index is 875. The van der Waals surface area contributed by atoms with E-state index in [-0.39, 0.29) is 26.4 Å². The monoisotopic (exact) mass is 492 g/mol. The molecule has 2 rings (SSSR count). The highest BCUT2D eigenvalue weighted by molar-refractivity contribution is 5.70. The summed E-state index contributed by atoms with van der Waals surface area (Å²) < 4.78 is 14.5. The molecule has 35 heavy (non-hydrogen) atoms. The second kappa shape index (κ2) is 14.3. The van der Waals surface area contributed by atoms with Crippen LogP contribution in [0, 0.1) is 27.7 Å². The minimum Gasteiger partial charge on any atom is -0.507 e. The molecule has 2 unspecified atom stereocenters. The molecule has 9 nitrogen and oxygen atoms in total. The first-order chi connectivity index (χ1) is 16.4. The molecule has 2 aromatic rings. The number of ether oxygens (including phenoxy) is 3. The molecule has 0 saturated carbocycles. The SMILES string of the molecule is CC(=O)OC(CO)COCC(CO)OC(C)=O.Cc1cc(-c2cc(C)c(O)c(C)c2)cc(C)c1O. The van der Waals surface area contributed by atoms with Gasteiger partial charge in [0.25, 0.3) is 0 Å². The van der Waals surface area contributed by atoms with Crippen molar-refractivity contribution in [2.24, 2.45) is 0 Å². The molecule has 0 aliphatic heterocycles. The van der Waals surface area contributed by atoms with Crippen molar-refractivity contribution in [3.8, 4) is 22.6 Å². The Morgan fingerprint density at radius 2 is 0.971 bits per heavy atom. The number of hydrogen-bond donors (Lipinski definition) is 4.